The zero-order valence-corrected chi connectivity index (χ0v) is 21.1. The molecule has 0 aliphatic heterocycles. The number of carbonyl (C=O) groups is 1. The summed E-state index contributed by atoms with van der Waals surface area (Å²) in [7, 11) is 0. The first kappa shape index (κ1) is 23.8. The summed E-state index contributed by atoms with van der Waals surface area (Å²) in [6, 6.07) is 15.9. The lowest BCUT2D eigenvalue weighted by atomic mass is 10.1. The SMILES string of the molecule is Cc1ccc(NC(=O)c2csc(CSc3nnc(-c4ccncc4)n3-c3ccccc3F)n2)cc1C. The number of thioether (sulfide) groups is 1. The maximum absolute atomic E-state index is 14.8. The number of carbonyl (C=O) groups excluding carboxylic acids is 1. The van der Waals surface area contributed by atoms with Gasteiger partial charge in [0, 0.05) is 29.0 Å². The standard InChI is InChI=1S/C26H21FN6OS2/c1-16-7-8-19(13-17(16)2)29-25(34)21-14-35-23(30-21)15-36-26-32-31-24(18-9-11-28-12-10-18)33(26)22-6-4-3-5-20(22)27/h3-14H,15H2,1-2H3,(H,29,34). The number of aromatic nitrogens is 5. The molecule has 2 aromatic carbocycles. The molecule has 0 saturated carbocycles. The van der Waals surface area contributed by atoms with Gasteiger partial charge in [-0.1, -0.05) is 30.0 Å². The number of rotatable bonds is 7. The first-order chi connectivity index (χ1) is 17.5. The van der Waals surface area contributed by atoms with E-state index < -0.39 is 0 Å². The van der Waals surface area contributed by atoms with Crippen molar-refractivity contribution in [3.8, 4) is 17.1 Å². The molecule has 7 nitrogen and oxygen atoms in total. The number of halogens is 1. The van der Waals surface area contributed by atoms with Gasteiger partial charge >= 0.3 is 0 Å². The number of hydrogen-bond donors (Lipinski definition) is 1. The molecule has 10 heteroatoms. The average molecular weight is 517 g/mol. The van der Waals surface area contributed by atoms with Gasteiger partial charge < -0.3 is 5.32 Å². The van der Waals surface area contributed by atoms with Crippen LogP contribution in [0.5, 0.6) is 0 Å². The molecule has 0 unspecified atom stereocenters. The summed E-state index contributed by atoms with van der Waals surface area (Å²) in [6.07, 6.45) is 3.31. The molecule has 36 heavy (non-hydrogen) atoms. The van der Waals surface area contributed by atoms with E-state index in [1.165, 1.54) is 29.2 Å². The van der Waals surface area contributed by atoms with Crippen molar-refractivity contribution in [2.75, 3.05) is 5.32 Å². The van der Waals surface area contributed by atoms with E-state index in [2.05, 4.69) is 25.5 Å². The summed E-state index contributed by atoms with van der Waals surface area (Å²) < 4.78 is 16.4. The third-order valence-corrected chi connectivity index (χ3v) is 7.51. The van der Waals surface area contributed by atoms with Crippen molar-refractivity contribution in [1.82, 2.24) is 24.7 Å². The fraction of sp³-hybridized carbons (Fsp3) is 0.115. The summed E-state index contributed by atoms with van der Waals surface area (Å²) in [5.41, 5.74) is 4.47. The van der Waals surface area contributed by atoms with Crippen molar-refractivity contribution in [3.63, 3.8) is 0 Å². The summed E-state index contributed by atoms with van der Waals surface area (Å²) >= 11 is 2.76. The van der Waals surface area contributed by atoms with Gasteiger partial charge in [0.05, 0.1) is 11.4 Å². The molecule has 1 amide bonds. The number of para-hydroxylation sites is 1. The first-order valence-corrected chi connectivity index (χ1v) is 12.9. The van der Waals surface area contributed by atoms with Crippen LogP contribution < -0.4 is 5.32 Å². The third kappa shape index (κ3) is 5.05. The molecule has 0 bridgehead atoms. The molecule has 180 valence electrons. The van der Waals surface area contributed by atoms with E-state index in [4.69, 9.17) is 0 Å². The Morgan fingerprint density at radius 3 is 2.64 bits per heavy atom. The maximum Gasteiger partial charge on any atom is 0.275 e. The van der Waals surface area contributed by atoms with E-state index in [9.17, 15) is 9.18 Å². The molecule has 0 aliphatic carbocycles. The van der Waals surface area contributed by atoms with Crippen molar-refractivity contribution < 1.29 is 9.18 Å². The molecular formula is C26H21FN6OS2. The summed E-state index contributed by atoms with van der Waals surface area (Å²) in [6.45, 7) is 4.03. The zero-order chi connectivity index (χ0) is 25.1. The van der Waals surface area contributed by atoms with Crippen molar-refractivity contribution in [2.24, 2.45) is 0 Å². The molecule has 5 aromatic rings. The van der Waals surface area contributed by atoms with Gasteiger partial charge in [0.15, 0.2) is 11.0 Å². The van der Waals surface area contributed by atoms with Gasteiger partial charge in [-0.3, -0.25) is 14.3 Å². The number of amides is 1. The minimum absolute atomic E-state index is 0.264. The lowest BCUT2D eigenvalue weighted by Crippen LogP contribution is -2.12. The Morgan fingerprint density at radius 2 is 1.86 bits per heavy atom. The fourth-order valence-corrected chi connectivity index (χ4v) is 5.26. The lowest BCUT2D eigenvalue weighted by Gasteiger charge is -2.10. The van der Waals surface area contributed by atoms with E-state index in [1.54, 1.807) is 52.7 Å². The van der Waals surface area contributed by atoms with Crippen LogP contribution in [0.3, 0.4) is 0 Å². The van der Waals surface area contributed by atoms with E-state index in [1.807, 2.05) is 32.0 Å². The molecule has 0 saturated heterocycles. The number of nitrogens with one attached hydrogen (secondary N) is 1. The molecule has 0 spiro atoms. The van der Waals surface area contributed by atoms with Gasteiger partial charge in [-0.25, -0.2) is 9.37 Å². The number of aryl methyl sites for hydroxylation is 2. The van der Waals surface area contributed by atoms with Crippen LogP contribution in [0.2, 0.25) is 0 Å². The van der Waals surface area contributed by atoms with Gasteiger partial charge in [-0.05, 0) is 61.4 Å². The minimum Gasteiger partial charge on any atom is -0.321 e. The summed E-state index contributed by atoms with van der Waals surface area (Å²) in [5.74, 6) is 0.316. The Bertz CT molecular complexity index is 1530. The van der Waals surface area contributed by atoms with Gasteiger partial charge in [-0.15, -0.1) is 21.5 Å². The van der Waals surface area contributed by atoms with Crippen LogP contribution in [0.1, 0.15) is 26.6 Å². The lowest BCUT2D eigenvalue weighted by molar-refractivity contribution is 0.102. The summed E-state index contributed by atoms with van der Waals surface area (Å²) in [4.78, 5) is 21.2. The van der Waals surface area contributed by atoms with Crippen molar-refractivity contribution in [1.29, 1.82) is 0 Å². The van der Waals surface area contributed by atoms with Crippen LogP contribution in [-0.4, -0.2) is 30.6 Å². The predicted molar refractivity (Wildman–Crippen MR) is 140 cm³/mol. The highest BCUT2D eigenvalue weighted by Crippen LogP contribution is 2.31. The second kappa shape index (κ2) is 10.4. The average Bonchev–Trinajstić information content (AvgIpc) is 3.53. The van der Waals surface area contributed by atoms with Crippen LogP contribution in [-0.2, 0) is 5.75 Å². The fourth-order valence-electron chi connectivity index (χ4n) is 3.52. The predicted octanol–water partition coefficient (Wildman–Crippen LogP) is 6.09. The smallest absolute Gasteiger partial charge is 0.275 e. The number of benzene rings is 2. The monoisotopic (exact) mass is 516 g/mol. The van der Waals surface area contributed by atoms with Gasteiger partial charge in [-0.2, -0.15) is 0 Å². The van der Waals surface area contributed by atoms with Crippen LogP contribution in [0.4, 0.5) is 10.1 Å². The number of nitrogens with zero attached hydrogens (tertiary/aromatic N) is 5. The molecule has 1 N–H and O–H groups in total. The van der Waals surface area contributed by atoms with Gasteiger partial charge in [0.25, 0.3) is 5.91 Å². The third-order valence-electron chi connectivity index (χ3n) is 5.54. The van der Waals surface area contributed by atoms with E-state index in [0.717, 1.165) is 27.4 Å². The topological polar surface area (TPSA) is 85.6 Å². The minimum atomic E-state index is -0.381. The normalized spacial score (nSPS) is 11.0. The number of pyridine rings is 1. The zero-order valence-electron chi connectivity index (χ0n) is 19.5. The highest BCUT2D eigenvalue weighted by atomic mass is 32.2. The molecule has 0 aliphatic rings. The molecule has 0 atom stereocenters. The largest absolute Gasteiger partial charge is 0.321 e. The quantitative estimate of drug-likeness (QED) is 0.264. The molecule has 5 rings (SSSR count). The Balaban J connectivity index is 1.36. The number of anilines is 1. The molecular weight excluding hydrogens is 495 g/mol. The summed E-state index contributed by atoms with van der Waals surface area (Å²) in [5, 5.41) is 14.5. The van der Waals surface area contributed by atoms with Gasteiger partial charge in [0.2, 0.25) is 0 Å². The van der Waals surface area contributed by atoms with Crippen molar-refractivity contribution in [3.05, 3.63) is 100 Å². The number of hydrogen-bond acceptors (Lipinski definition) is 7. The Kier molecular flexibility index (Phi) is 6.88. The Labute approximate surface area is 215 Å². The van der Waals surface area contributed by atoms with Crippen molar-refractivity contribution in [2.45, 2.75) is 24.8 Å². The van der Waals surface area contributed by atoms with Crippen molar-refractivity contribution >= 4 is 34.7 Å². The van der Waals surface area contributed by atoms with E-state index in [0.29, 0.717) is 28.1 Å². The second-order valence-electron chi connectivity index (χ2n) is 8.00. The van der Waals surface area contributed by atoms with E-state index in [-0.39, 0.29) is 11.7 Å². The highest BCUT2D eigenvalue weighted by molar-refractivity contribution is 7.98. The first-order valence-electron chi connectivity index (χ1n) is 11.1. The molecule has 3 aromatic heterocycles. The molecule has 0 fully saturated rings. The van der Waals surface area contributed by atoms with Gasteiger partial charge in [0.1, 0.15) is 16.5 Å². The Morgan fingerprint density at radius 1 is 1.06 bits per heavy atom. The molecule has 0 radical (unpaired) electrons. The van der Waals surface area contributed by atoms with Crippen LogP contribution in [0.25, 0.3) is 17.1 Å². The van der Waals surface area contributed by atoms with Crippen LogP contribution >= 0.6 is 23.1 Å². The highest BCUT2D eigenvalue weighted by Gasteiger charge is 2.19. The maximum atomic E-state index is 14.8. The van der Waals surface area contributed by atoms with Crippen LogP contribution in [0.15, 0.2) is 77.5 Å². The Hall–Kier alpha value is -3.89. The molecule has 3 heterocycles. The second-order valence-corrected chi connectivity index (χ2v) is 9.88. The van der Waals surface area contributed by atoms with E-state index >= 15 is 0 Å². The van der Waals surface area contributed by atoms with Crippen LogP contribution in [0, 0.1) is 19.7 Å². The number of thiazole rings is 1.